The van der Waals surface area contributed by atoms with Gasteiger partial charge in [-0.25, -0.2) is 4.98 Å². The lowest BCUT2D eigenvalue weighted by atomic mass is 10.1. The fourth-order valence-electron chi connectivity index (χ4n) is 1.78. The predicted octanol–water partition coefficient (Wildman–Crippen LogP) is 2.05. The first-order valence-electron chi connectivity index (χ1n) is 5.40. The molecule has 1 atom stereocenters. The average Bonchev–Trinajstić information content (AvgIpc) is 2.71. The number of hydrogen-bond acceptors (Lipinski definition) is 6. The monoisotopic (exact) mass is 257 g/mol. The zero-order chi connectivity index (χ0) is 12.6. The van der Waals surface area contributed by atoms with Crippen LogP contribution in [-0.4, -0.2) is 34.7 Å². The fraction of sp³-hybridized carbons (Fsp3) is 0.700. The summed E-state index contributed by atoms with van der Waals surface area (Å²) in [6, 6.07) is 0.189. The van der Waals surface area contributed by atoms with Crippen LogP contribution in [0.5, 0.6) is 0 Å². The molecule has 1 aromatic heterocycles. The lowest BCUT2D eigenvalue weighted by molar-refractivity contribution is -0.380. The van der Waals surface area contributed by atoms with Crippen LogP contribution >= 0.6 is 11.3 Å². The van der Waals surface area contributed by atoms with Gasteiger partial charge in [0.15, 0.2) is 5.13 Å². The molecule has 17 heavy (non-hydrogen) atoms. The molecule has 0 saturated carbocycles. The van der Waals surface area contributed by atoms with Crippen LogP contribution in [0.2, 0.25) is 0 Å². The van der Waals surface area contributed by atoms with Crippen molar-refractivity contribution in [3.63, 3.8) is 0 Å². The molecule has 1 fully saturated rings. The largest absolute Gasteiger partial charge is 0.372 e. The molecule has 0 amide bonds. The summed E-state index contributed by atoms with van der Waals surface area (Å²) in [4.78, 5) is 16.4. The van der Waals surface area contributed by atoms with Crippen molar-refractivity contribution in [3.05, 3.63) is 16.3 Å². The van der Waals surface area contributed by atoms with Crippen LogP contribution < -0.4 is 4.90 Å². The number of rotatable bonds is 2. The molecule has 2 rings (SSSR count). The van der Waals surface area contributed by atoms with Crippen LogP contribution in [0.4, 0.5) is 10.1 Å². The Morgan fingerprint density at radius 2 is 2.41 bits per heavy atom. The van der Waals surface area contributed by atoms with Crippen molar-refractivity contribution in [3.8, 4) is 0 Å². The number of aromatic nitrogens is 1. The highest BCUT2D eigenvalue weighted by Gasteiger charge is 2.33. The topological polar surface area (TPSA) is 68.5 Å². The SMILES string of the molecule is C[C@H]1COC(C)(C)CN1c1ncc([N+](=O)[O-])s1. The van der Waals surface area contributed by atoms with Crippen LogP contribution in [0.15, 0.2) is 6.20 Å². The standard InChI is InChI=1S/C10H15N3O3S/c1-7-5-16-10(2,3)6-12(7)9-11-4-8(17-9)13(14)15/h4,7H,5-6H2,1-3H3/t7-/m0/s1. The van der Waals surface area contributed by atoms with Crippen molar-refractivity contribution in [2.75, 3.05) is 18.1 Å². The number of thiazole rings is 1. The maximum atomic E-state index is 10.6. The van der Waals surface area contributed by atoms with Crippen LogP contribution in [0.3, 0.4) is 0 Å². The summed E-state index contributed by atoms with van der Waals surface area (Å²) in [6.07, 6.45) is 1.31. The van der Waals surface area contributed by atoms with E-state index in [1.54, 1.807) is 0 Å². The zero-order valence-electron chi connectivity index (χ0n) is 10.0. The van der Waals surface area contributed by atoms with Gasteiger partial charge in [-0.05, 0) is 32.1 Å². The minimum Gasteiger partial charge on any atom is -0.372 e. The van der Waals surface area contributed by atoms with E-state index in [9.17, 15) is 10.1 Å². The molecule has 0 aromatic carbocycles. The number of hydrogen-bond donors (Lipinski definition) is 0. The van der Waals surface area contributed by atoms with Gasteiger partial charge >= 0.3 is 5.00 Å². The first-order valence-corrected chi connectivity index (χ1v) is 6.21. The van der Waals surface area contributed by atoms with E-state index in [2.05, 4.69) is 9.88 Å². The molecule has 2 heterocycles. The molecule has 6 nitrogen and oxygen atoms in total. The zero-order valence-corrected chi connectivity index (χ0v) is 10.9. The third-order valence-corrected chi connectivity index (χ3v) is 3.69. The maximum absolute atomic E-state index is 10.6. The highest BCUT2D eigenvalue weighted by Crippen LogP contribution is 2.32. The molecule has 1 aromatic rings. The minimum atomic E-state index is -0.405. The van der Waals surface area contributed by atoms with Gasteiger partial charge in [-0.2, -0.15) is 0 Å². The van der Waals surface area contributed by atoms with Crippen molar-refractivity contribution in [1.82, 2.24) is 4.98 Å². The van der Waals surface area contributed by atoms with Gasteiger partial charge in [0.25, 0.3) is 0 Å². The van der Waals surface area contributed by atoms with Crippen LogP contribution in [0, 0.1) is 10.1 Å². The second-order valence-corrected chi connectivity index (χ2v) is 5.77. The normalized spacial score (nSPS) is 23.7. The van der Waals surface area contributed by atoms with E-state index >= 15 is 0 Å². The van der Waals surface area contributed by atoms with Crippen molar-refractivity contribution in [2.45, 2.75) is 32.4 Å². The van der Waals surface area contributed by atoms with Gasteiger partial charge in [0.1, 0.15) is 6.20 Å². The van der Waals surface area contributed by atoms with Crippen LogP contribution in [-0.2, 0) is 4.74 Å². The molecule has 1 saturated heterocycles. The van der Waals surface area contributed by atoms with Crippen molar-refractivity contribution in [1.29, 1.82) is 0 Å². The summed E-state index contributed by atoms with van der Waals surface area (Å²) in [6.45, 7) is 7.35. The number of morpholine rings is 1. The van der Waals surface area contributed by atoms with Gasteiger partial charge in [-0.15, -0.1) is 0 Å². The van der Waals surface area contributed by atoms with Crippen LogP contribution in [0.25, 0.3) is 0 Å². The van der Waals surface area contributed by atoms with E-state index in [1.165, 1.54) is 6.20 Å². The van der Waals surface area contributed by atoms with E-state index < -0.39 is 4.92 Å². The molecule has 0 bridgehead atoms. The Bertz CT molecular complexity index is 432. The smallest absolute Gasteiger partial charge is 0.345 e. The highest BCUT2D eigenvalue weighted by atomic mass is 32.1. The Kier molecular flexibility index (Phi) is 3.05. The van der Waals surface area contributed by atoms with Crippen molar-refractivity contribution in [2.24, 2.45) is 0 Å². The molecule has 0 N–H and O–H groups in total. The predicted molar refractivity (Wildman–Crippen MR) is 65.6 cm³/mol. The van der Waals surface area contributed by atoms with Crippen LogP contribution in [0.1, 0.15) is 20.8 Å². The molecule has 0 radical (unpaired) electrons. The van der Waals surface area contributed by atoms with Gasteiger partial charge in [-0.1, -0.05) is 0 Å². The van der Waals surface area contributed by atoms with Gasteiger partial charge in [0.2, 0.25) is 0 Å². The Morgan fingerprint density at radius 3 is 3.00 bits per heavy atom. The molecule has 1 aliphatic rings. The lowest BCUT2D eigenvalue weighted by Gasteiger charge is -2.42. The van der Waals surface area contributed by atoms with Gasteiger partial charge < -0.3 is 9.64 Å². The first-order chi connectivity index (χ1) is 7.89. The minimum absolute atomic E-state index is 0.0801. The van der Waals surface area contributed by atoms with E-state index in [-0.39, 0.29) is 16.6 Å². The summed E-state index contributed by atoms with van der Waals surface area (Å²) in [5.74, 6) is 0. The molecule has 1 aliphatic heterocycles. The summed E-state index contributed by atoms with van der Waals surface area (Å²) in [5, 5.41) is 11.4. The van der Waals surface area contributed by atoms with Gasteiger partial charge in [-0.3, -0.25) is 10.1 Å². The second kappa shape index (κ2) is 4.23. The Labute approximate surface area is 103 Å². The molecule has 0 spiro atoms. The van der Waals surface area contributed by atoms with Crippen molar-refractivity contribution < 1.29 is 9.66 Å². The van der Waals surface area contributed by atoms with Crippen molar-refractivity contribution >= 4 is 21.5 Å². The third kappa shape index (κ3) is 2.55. The number of anilines is 1. The fourth-order valence-corrected chi connectivity index (χ4v) is 2.61. The van der Waals surface area contributed by atoms with E-state index in [4.69, 9.17) is 4.74 Å². The molecule has 7 heteroatoms. The average molecular weight is 257 g/mol. The Balaban J connectivity index is 2.22. The summed E-state index contributed by atoms with van der Waals surface area (Å²) in [7, 11) is 0. The molecule has 0 aliphatic carbocycles. The summed E-state index contributed by atoms with van der Waals surface area (Å²) >= 11 is 1.11. The molecular formula is C10H15N3O3S. The first kappa shape index (κ1) is 12.3. The Hall–Kier alpha value is -1.21. The lowest BCUT2D eigenvalue weighted by Crippen LogP contribution is -2.53. The third-order valence-electron chi connectivity index (χ3n) is 2.71. The number of nitrogens with zero attached hydrogens (tertiary/aromatic N) is 3. The number of ether oxygens (including phenoxy) is 1. The van der Waals surface area contributed by atoms with Gasteiger partial charge in [0.05, 0.1) is 23.2 Å². The second-order valence-electron chi connectivity index (χ2n) is 4.79. The Morgan fingerprint density at radius 1 is 1.71 bits per heavy atom. The molecule has 0 unspecified atom stereocenters. The van der Waals surface area contributed by atoms with Gasteiger partial charge in [0, 0.05) is 6.54 Å². The highest BCUT2D eigenvalue weighted by molar-refractivity contribution is 7.18. The molecule has 94 valence electrons. The molecular weight excluding hydrogens is 242 g/mol. The van der Waals surface area contributed by atoms with E-state index in [1.807, 2.05) is 20.8 Å². The summed E-state index contributed by atoms with van der Waals surface area (Å²) in [5.41, 5.74) is -0.243. The summed E-state index contributed by atoms with van der Waals surface area (Å²) < 4.78 is 5.68. The van der Waals surface area contributed by atoms with E-state index in [0.717, 1.165) is 11.3 Å². The quantitative estimate of drug-likeness (QED) is 0.599. The maximum Gasteiger partial charge on any atom is 0.345 e. The number of nitro groups is 1. The van der Waals surface area contributed by atoms with E-state index in [0.29, 0.717) is 18.3 Å².